The number of piperidine rings is 1. The second-order valence-electron chi connectivity index (χ2n) is 9.11. The van der Waals surface area contributed by atoms with E-state index in [0.717, 1.165) is 51.7 Å². The zero-order valence-corrected chi connectivity index (χ0v) is 19.3. The van der Waals surface area contributed by atoms with E-state index in [0.29, 0.717) is 17.7 Å². The Bertz CT molecular complexity index is 980. The van der Waals surface area contributed by atoms with Gasteiger partial charge in [-0.1, -0.05) is 42.5 Å². The molecule has 3 heterocycles. The summed E-state index contributed by atoms with van der Waals surface area (Å²) in [5.74, 6) is 0.623. The Morgan fingerprint density at radius 2 is 1.78 bits per heavy atom. The summed E-state index contributed by atoms with van der Waals surface area (Å²) < 4.78 is 0. The fourth-order valence-corrected chi connectivity index (χ4v) is 5.77. The number of nitrogens with zero attached hydrogens (tertiary/aromatic N) is 3. The third-order valence-corrected chi connectivity index (χ3v) is 7.70. The van der Waals surface area contributed by atoms with Crippen LogP contribution in [0, 0.1) is 5.92 Å². The van der Waals surface area contributed by atoms with E-state index < -0.39 is 0 Å². The number of amides is 1. The van der Waals surface area contributed by atoms with Gasteiger partial charge in [-0.15, -0.1) is 11.3 Å². The van der Waals surface area contributed by atoms with Gasteiger partial charge in [-0.25, -0.2) is 0 Å². The van der Waals surface area contributed by atoms with Crippen LogP contribution < -0.4 is 0 Å². The van der Waals surface area contributed by atoms with Crippen LogP contribution in [-0.4, -0.2) is 45.9 Å². The predicted octanol–water partition coefficient (Wildman–Crippen LogP) is 5.27. The SMILES string of the molecule is O=C(c1ccccn1)N(C1CC1)[C@H](Cc1ccccc1)C1CCN(Cc2cccs2)CC1. The molecule has 0 spiro atoms. The number of carbonyl (C=O) groups excluding carboxylic acids is 1. The van der Waals surface area contributed by atoms with Gasteiger partial charge in [0, 0.05) is 29.7 Å². The van der Waals surface area contributed by atoms with E-state index in [2.05, 4.69) is 62.6 Å². The molecule has 1 amide bonds. The second kappa shape index (κ2) is 9.97. The van der Waals surface area contributed by atoms with E-state index in [4.69, 9.17) is 0 Å². The van der Waals surface area contributed by atoms with Crippen LogP contribution in [0.4, 0.5) is 0 Å². The molecule has 0 bridgehead atoms. The van der Waals surface area contributed by atoms with Crippen LogP contribution in [0.5, 0.6) is 0 Å². The molecule has 1 saturated carbocycles. The maximum absolute atomic E-state index is 13.6. The largest absolute Gasteiger partial charge is 0.331 e. The Labute approximate surface area is 194 Å². The molecule has 4 nitrogen and oxygen atoms in total. The molecule has 1 aliphatic carbocycles. The van der Waals surface area contributed by atoms with E-state index in [1.807, 2.05) is 29.5 Å². The predicted molar refractivity (Wildman–Crippen MR) is 130 cm³/mol. The lowest BCUT2D eigenvalue weighted by Crippen LogP contribution is -2.50. The van der Waals surface area contributed by atoms with Crippen molar-refractivity contribution in [2.75, 3.05) is 13.1 Å². The first-order valence-corrected chi connectivity index (χ1v) is 12.7. The Morgan fingerprint density at radius 3 is 2.44 bits per heavy atom. The van der Waals surface area contributed by atoms with Crippen molar-refractivity contribution in [3.63, 3.8) is 0 Å². The first-order chi connectivity index (χ1) is 15.8. The number of likely N-dealkylation sites (tertiary alicyclic amines) is 1. The highest BCUT2D eigenvalue weighted by Crippen LogP contribution is 2.36. The van der Waals surface area contributed by atoms with Crippen molar-refractivity contribution in [3.05, 3.63) is 88.4 Å². The van der Waals surface area contributed by atoms with Gasteiger partial charge in [0.05, 0.1) is 0 Å². The summed E-state index contributed by atoms with van der Waals surface area (Å²) in [6.07, 6.45) is 7.16. The number of benzene rings is 1. The number of aromatic nitrogens is 1. The molecule has 1 aliphatic heterocycles. The second-order valence-corrected chi connectivity index (χ2v) is 10.1. The molecular formula is C27H31N3OS. The third kappa shape index (κ3) is 5.11. The Morgan fingerprint density at radius 1 is 1.00 bits per heavy atom. The highest BCUT2D eigenvalue weighted by molar-refractivity contribution is 7.09. The molecule has 3 aromatic rings. The van der Waals surface area contributed by atoms with Crippen LogP contribution in [0.25, 0.3) is 0 Å². The molecule has 5 rings (SSSR count). The summed E-state index contributed by atoms with van der Waals surface area (Å²) in [6.45, 7) is 3.25. The number of rotatable bonds is 8. The average molecular weight is 446 g/mol. The van der Waals surface area contributed by atoms with Crippen LogP contribution in [0.2, 0.25) is 0 Å². The fraction of sp³-hybridized carbons (Fsp3) is 0.407. The molecule has 1 atom stereocenters. The molecule has 166 valence electrons. The van der Waals surface area contributed by atoms with Crippen molar-refractivity contribution < 1.29 is 4.79 Å². The maximum Gasteiger partial charge on any atom is 0.272 e. The van der Waals surface area contributed by atoms with Crippen molar-refractivity contribution >= 4 is 17.2 Å². The summed E-state index contributed by atoms with van der Waals surface area (Å²) in [5, 5.41) is 2.16. The molecule has 2 aromatic heterocycles. The van der Waals surface area contributed by atoms with Crippen LogP contribution >= 0.6 is 11.3 Å². The molecule has 0 N–H and O–H groups in total. The number of hydrogen-bond donors (Lipinski definition) is 0. The van der Waals surface area contributed by atoms with E-state index in [1.54, 1.807) is 6.20 Å². The zero-order chi connectivity index (χ0) is 21.8. The van der Waals surface area contributed by atoms with Gasteiger partial charge >= 0.3 is 0 Å². The Balaban J connectivity index is 1.36. The lowest BCUT2D eigenvalue weighted by Gasteiger charge is -2.41. The van der Waals surface area contributed by atoms with Gasteiger partial charge in [0.25, 0.3) is 5.91 Å². The molecule has 32 heavy (non-hydrogen) atoms. The van der Waals surface area contributed by atoms with E-state index in [-0.39, 0.29) is 11.9 Å². The summed E-state index contributed by atoms with van der Waals surface area (Å²) in [5.41, 5.74) is 1.89. The van der Waals surface area contributed by atoms with Crippen LogP contribution in [0.15, 0.2) is 72.2 Å². The van der Waals surface area contributed by atoms with Gasteiger partial charge < -0.3 is 4.90 Å². The third-order valence-electron chi connectivity index (χ3n) is 6.84. The van der Waals surface area contributed by atoms with Gasteiger partial charge in [-0.3, -0.25) is 14.7 Å². The number of thiophene rings is 1. The van der Waals surface area contributed by atoms with Gasteiger partial charge in [0.2, 0.25) is 0 Å². The van der Waals surface area contributed by atoms with Crippen molar-refractivity contribution in [1.82, 2.24) is 14.8 Å². The molecule has 1 saturated heterocycles. The van der Waals surface area contributed by atoms with Gasteiger partial charge in [-0.05, 0) is 80.3 Å². The summed E-state index contributed by atoms with van der Waals surface area (Å²) in [4.78, 5) is 24.3. The molecule has 1 aromatic carbocycles. The smallest absolute Gasteiger partial charge is 0.272 e. The first kappa shape index (κ1) is 21.4. The lowest BCUT2D eigenvalue weighted by molar-refractivity contribution is 0.0477. The van der Waals surface area contributed by atoms with Crippen molar-refractivity contribution in [2.45, 2.75) is 50.7 Å². The van der Waals surface area contributed by atoms with Crippen LogP contribution in [0.3, 0.4) is 0 Å². The topological polar surface area (TPSA) is 36.4 Å². The first-order valence-electron chi connectivity index (χ1n) is 11.8. The lowest BCUT2D eigenvalue weighted by atomic mass is 9.84. The Hall–Kier alpha value is -2.50. The minimum absolute atomic E-state index is 0.107. The Kier molecular flexibility index (Phi) is 6.65. The monoisotopic (exact) mass is 445 g/mol. The van der Waals surface area contributed by atoms with Crippen LogP contribution in [0.1, 0.15) is 46.6 Å². The molecule has 2 aliphatic rings. The summed E-state index contributed by atoms with van der Waals surface area (Å²) in [7, 11) is 0. The minimum Gasteiger partial charge on any atom is -0.331 e. The number of hydrogen-bond acceptors (Lipinski definition) is 4. The number of carbonyl (C=O) groups is 1. The van der Waals surface area contributed by atoms with Crippen molar-refractivity contribution in [2.24, 2.45) is 5.92 Å². The summed E-state index contributed by atoms with van der Waals surface area (Å²) >= 11 is 1.84. The van der Waals surface area contributed by atoms with Gasteiger partial charge in [0.15, 0.2) is 0 Å². The normalized spacial score (nSPS) is 18.4. The number of pyridine rings is 1. The zero-order valence-electron chi connectivity index (χ0n) is 18.5. The summed E-state index contributed by atoms with van der Waals surface area (Å²) in [6, 6.07) is 21.3. The average Bonchev–Trinajstić information content (AvgIpc) is 3.55. The standard InChI is InChI=1S/C27H31N3OS/c31-27(25-10-4-5-15-28-25)30(23-11-12-23)26(19-21-7-2-1-3-8-21)22-13-16-29(17-14-22)20-24-9-6-18-32-24/h1-10,15,18,22-23,26H,11-14,16-17,19-20H2/t26-/m1/s1. The van der Waals surface area contributed by atoms with Gasteiger partial charge in [0.1, 0.15) is 5.69 Å². The van der Waals surface area contributed by atoms with E-state index >= 15 is 0 Å². The van der Waals surface area contributed by atoms with Crippen molar-refractivity contribution in [1.29, 1.82) is 0 Å². The quantitative estimate of drug-likeness (QED) is 0.474. The molecule has 0 unspecified atom stereocenters. The molecule has 0 radical (unpaired) electrons. The minimum atomic E-state index is 0.107. The van der Waals surface area contributed by atoms with E-state index in [9.17, 15) is 4.79 Å². The highest BCUT2D eigenvalue weighted by atomic mass is 32.1. The van der Waals surface area contributed by atoms with E-state index in [1.165, 1.54) is 10.4 Å². The molecule has 2 fully saturated rings. The van der Waals surface area contributed by atoms with Gasteiger partial charge in [-0.2, -0.15) is 0 Å². The van der Waals surface area contributed by atoms with Crippen molar-refractivity contribution in [3.8, 4) is 0 Å². The molecular weight excluding hydrogens is 414 g/mol. The maximum atomic E-state index is 13.6. The molecule has 5 heteroatoms. The fourth-order valence-electron chi connectivity index (χ4n) is 5.03. The highest BCUT2D eigenvalue weighted by Gasteiger charge is 2.41. The van der Waals surface area contributed by atoms with Crippen LogP contribution in [-0.2, 0) is 13.0 Å².